The van der Waals surface area contributed by atoms with Crippen molar-refractivity contribution in [2.75, 3.05) is 5.75 Å². The summed E-state index contributed by atoms with van der Waals surface area (Å²) in [6.45, 7) is 5.56. The van der Waals surface area contributed by atoms with Gasteiger partial charge in [0, 0.05) is 5.75 Å². The fourth-order valence-corrected chi connectivity index (χ4v) is 3.13. The lowest BCUT2D eigenvalue weighted by molar-refractivity contribution is 0.541. The molecule has 0 aliphatic heterocycles. The molecule has 2 nitrogen and oxygen atoms in total. The standard InChI is InChI=1S/C9H16O2S/c1-3-12(10,11)9-6-4-5-8(2)7-9/h9H,2-7H2,1H3. The summed E-state index contributed by atoms with van der Waals surface area (Å²) in [6, 6.07) is 0. The van der Waals surface area contributed by atoms with E-state index in [0.29, 0.717) is 6.42 Å². The summed E-state index contributed by atoms with van der Waals surface area (Å²) < 4.78 is 22.9. The number of hydrogen-bond donors (Lipinski definition) is 0. The Morgan fingerprint density at radius 1 is 1.58 bits per heavy atom. The number of hydrogen-bond acceptors (Lipinski definition) is 2. The third kappa shape index (κ3) is 2.09. The van der Waals surface area contributed by atoms with Gasteiger partial charge >= 0.3 is 0 Å². The molecule has 70 valence electrons. The zero-order chi connectivity index (χ0) is 9.19. The first-order chi connectivity index (χ1) is 5.56. The maximum atomic E-state index is 11.5. The van der Waals surface area contributed by atoms with Crippen LogP contribution in [0, 0.1) is 0 Å². The highest BCUT2D eigenvalue weighted by Crippen LogP contribution is 2.27. The third-order valence-electron chi connectivity index (χ3n) is 2.48. The Morgan fingerprint density at radius 3 is 2.75 bits per heavy atom. The van der Waals surface area contributed by atoms with Crippen LogP contribution in [0.2, 0.25) is 0 Å². The van der Waals surface area contributed by atoms with E-state index in [1.807, 2.05) is 0 Å². The van der Waals surface area contributed by atoms with Crippen LogP contribution < -0.4 is 0 Å². The first-order valence-electron chi connectivity index (χ1n) is 4.44. The van der Waals surface area contributed by atoms with Crippen LogP contribution in [0.1, 0.15) is 32.6 Å². The van der Waals surface area contributed by atoms with Gasteiger partial charge in [-0.05, 0) is 25.7 Å². The first-order valence-corrected chi connectivity index (χ1v) is 6.16. The summed E-state index contributed by atoms with van der Waals surface area (Å²) in [7, 11) is -2.82. The lowest BCUT2D eigenvalue weighted by atomic mass is 9.96. The summed E-state index contributed by atoms with van der Waals surface area (Å²) in [5, 5.41) is -0.135. The van der Waals surface area contributed by atoms with Gasteiger partial charge in [0.1, 0.15) is 0 Å². The molecule has 1 aliphatic rings. The quantitative estimate of drug-likeness (QED) is 0.620. The molecule has 0 heterocycles. The highest BCUT2D eigenvalue weighted by molar-refractivity contribution is 7.92. The van der Waals surface area contributed by atoms with Crippen molar-refractivity contribution in [1.29, 1.82) is 0 Å². The van der Waals surface area contributed by atoms with Gasteiger partial charge in [-0.1, -0.05) is 19.1 Å². The minimum Gasteiger partial charge on any atom is -0.229 e. The molecule has 3 heteroatoms. The Kier molecular flexibility index (Phi) is 2.94. The lowest BCUT2D eigenvalue weighted by Gasteiger charge is -2.22. The van der Waals surface area contributed by atoms with Crippen LogP contribution in [0.3, 0.4) is 0 Å². The molecular formula is C9H16O2S. The Labute approximate surface area is 74.6 Å². The summed E-state index contributed by atoms with van der Waals surface area (Å²) in [4.78, 5) is 0. The van der Waals surface area contributed by atoms with Gasteiger partial charge in [0.15, 0.2) is 9.84 Å². The molecule has 1 atom stereocenters. The fraction of sp³-hybridized carbons (Fsp3) is 0.778. The molecule has 1 rings (SSSR count). The van der Waals surface area contributed by atoms with Gasteiger partial charge in [0.2, 0.25) is 0 Å². The largest absolute Gasteiger partial charge is 0.229 e. The van der Waals surface area contributed by atoms with Crippen molar-refractivity contribution in [3.05, 3.63) is 12.2 Å². The van der Waals surface area contributed by atoms with Crippen LogP contribution in [-0.4, -0.2) is 19.4 Å². The maximum Gasteiger partial charge on any atom is 0.153 e. The topological polar surface area (TPSA) is 34.1 Å². The molecule has 0 N–H and O–H groups in total. The molecule has 0 bridgehead atoms. The Balaban J connectivity index is 2.70. The molecule has 1 fully saturated rings. The normalized spacial score (nSPS) is 25.8. The van der Waals surface area contributed by atoms with Crippen LogP contribution in [0.5, 0.6) is 0 Å². The number of allylic oxidation sites excluding steroid dienone is 1. The predicted octanol–water partition coefficient (Wildman–Crippen LogP) is 1.92. The highest BCUT2D eigenvalue weighted by atomic mass is 32.2. The van der Waals surface area contributed by atoms with E-state index in [-0.39, 0.29) is 11.0 Å². The van der Waals surface area contributed by atoms with E-state index in [2.05, 4.69) is 6.58 Å². The van der Waals surface area contributed by atoms with E-state index in [9.17, 15) is 8.42 Å². The first kappa shape index (κ1) is 9.78. The average Bonchev–Trinajstić information content (AvgIpc) is 2.05. The van der Waals surface area contributed by atoms with Crippen molar-refractivity contribution in [3.63, 3.8) is 0 Å². The van der Waals surface area contributed by atoms with Crippen molar-refractivity contribution < 1.29 is 8.42 Å². The van der Waals surface area contributed by atoms with Crippen LogP contribution in [-0.2, 0) is 9.84 Å². The molecule has 1 saturated carbocycles. The molecule has 1 aliphatic carbocycles. The molecule has 0 saturated heterocycles. The average molecular weight is 188 g/mol. The van der Waals surface area contributed by atoms with Crippen molar-refractivity contribution in [2.24, 2.45) is 0 Å². The molecule has 0 aromatic rings. The van der Waals surface area contributed by atoms with Gasteiger partial charge in [-0.25, -0.2) is 8.42 Å². The van der Waals surface area contributed by atoms with E-state index in [1.54, 1.807) is 6.92 Å². The number of rotatable bonds is 2. The second kappa shape index (κ2) is 3.60. The van der Waals surface area contributed by atoms with Crippen molar-refractivity contribution >= 4 is 9.84 Å². The number of sulfone groups is 1. The Bertz CT molecular complexity index is 264. The summed E-state index contributed by atoms with van der Waals surface area (Å²) in [5.74, 6) is 0.269. The molecule has 0 amide bonds. The van der Waals surface area contributed by atoms with E-state index in [1.165, 1.54) is 0 Å². The molecule has 0 aromatic carbocycles. The van der Waals surface area contributed by atoms with Gasteiger partial charge in [-0.15, -0.1) is 0 Å². The van der Waals surface area contributed by atoms with Crippen LogP contribution in [0.4, 0.5) is 0 Å². The summed E-state index contributed by atoms with van der Waals surface area (Å²) in [6.07, 6.45) is 3.52. The lowest BCUT2D eigenvalue weighted by Crippen LogP contribution is -2.26. The summed E-state index contributed by atoms with van der Waals surface area (Å²) >= 11 is 0. The zero-order valence-corrected chi connectivity index (χ0v) is 8.36. The molecule has 0 spiro atoms. The van der Waals surface area contributed by atoms with Crippen LogP contribution in [0.15, 0.2) is 12.2 Å². The van der Waals surface area contributed by atoms with Crippen LogP contribution in [0.25, 0.3) is 0 Å². The molecule has 1 unspecified atom stereocenters. The SMILES string of the molecule is C=C1CCCC(S(=O)(=O)CC)C1. The minimum absolute atomic E-state index is 0.135. The van der Waals surface area contributed by atoms with Gasteiger partial charge in [-0.3, -0.25) is 0 Å². The van der Waals surface area contributed by atoms with Gasteiger partial charge in [0.05, 0.1) is 5.25 Å². The van der Waals surface area contributed by atoms with Gasteiger partial charge in [-0.2, -0.15) is 0 Å². The van der Waals surface area contributed by atoms with E-state index in [0.717, 1.165) is 24.8 Å². The monoisotopic (exact) mass is 188 g/mol. The van der Waals surface area contributed by atoms with E-state index in [4.69, 9.17) is 0 Å². The van der Waals surface area contributed by atoms with Crippen molar-refractivity contribution in [3.8, 4) is 0 Å². The smallest absolute Gasteiger partial charge is 0.153 e. The zero-order valence-electron chi connectivity index (χ0n) is 7.54. The van der Waals surface area contributed by atoms with E-state index < -0.39 is 9.84 Å². The minimum atomic E-state index is -2.82. The maximum absolute atomic E-state index is 11.5. The molecule has 0 radical (unpaired) electrons. The summed E-state index contributed by atoms with van der Waals surface area (Å²) in [5.41, 5.74) is 1.10. The third-order valence-corrected chi connectivity index (χ3v) is 4.71. The predicted molar refractivity (Wildman–Crippen MR) is 50.9 cm³/mol. The second-order valence-electron chi connectivity index (χ2n) is 3.42. The molecular weight excluding hydrogens is 172 g/mol. The highest BCUT2D eigenvalue weighted by Gasteiger charge is 2.26. The second-order valence-corrected chi connectivity index (χ2v) is 5.99. The van der Waals surface area contributed by atoms with Crippen molar-refractivity contribution in [1.82, 2.24) is 0 Å². The van der Waals surface area contributed by atoms with Crippen LogP contribution >= 0.6 is 0 Å². The Hall–Kier alpha value is -0.310. The van der Waals surface area contributed by atoms with Gasteiger partial charge in [0.25, 0.3) is 0 Å². The Morgan fingerprint density at radius 2 is 2.25 bits per heavy atom. The van der Waals surface area contributed by atoms with Crippen molar-refractivity contribution in [2.45, 2.75) is 37.9 Å². The van der Waals surface area contributed by atoms with Gasteiger partial charge < -0.3 is 0 Å². The fourth-order valence-electron chi connectivity index (χ4n) is 1.65. The van der Waals surface area contributed by atoms with E-state index >= 15 is 0 Å². The molecule has 0 aromatic heterocycles. The molecule has 12 heavy (non-hydrogen) atoms.